The van der Waals surface area contributed by atoms with Crippen molar-refractivity contribution in [1.29, 1.82) is 0 Å². The highest BCUT2D eigenvalue weighted by Gasteiger charge is 2.00. The fourth-order valence-electron chi connectivity index (χ4n) is 0.985. The molecule has 2 aromatic heterocycles. The lowest BCUT2D eigenvalue weighted by molar-refractivity contribution is 0.770. The summed E-state index contributed by atoms with van der Waals surface area (Å²) in [6.07, 6.45) is 6.03. The van der Waals surface area contributed by atoms with Gasteiger partial charge >= 0.3 is 0 Å². The smallest absolute Gasteiger partial charge is 0.178 e. The molecule has 55 valence electrons. The number of hydrogen-bond acceptors (Lipinski definition) is 3. The van der Waals surface area contributed by atoms with Crippen LogP contribution in [-0.4, -0.2) is 19.5 Å². The monoisotopic (exact) mass is 147 g/mol. The SMILES string of the molecule is CCn1[c]nc2cncnc21. The van der Waals surface area contributed by atoms with Crippen LogP contribution in [0.2, 0.25) is 0 Å². The molecule has 0 fully saturated rings. The van der Waals surface area contributed by atoms with Gasteiger partial charge in [-0.15, -0.1) is 0 Å². The van der Waals surface area contributed by atoms with E-state index in [9.17, 15) is 0 Å². The molecule has 4 heteroatoms. The summed E-state index contributed by atoms with van der Waals surface area (Å²) < 4.78 is 1.86. The number of aromatic nitrogens is 4. The first-order valence-corrected chi connectivity index (χ1v) is 3.45. The van der Waals surface area contributed by atoms with Crippen molar-refractivity contribution in [1.82, 2.24) is 19.5 Å². The lowest BCUT2D eigenvalue weighted by Crippen LogP contribution is -1.93. The maximum Gasteiger partial charge on any atom is 0.178 e. The average Bonchev–Trinajstić information content (AvgIpc) is 2.47. The largest absolute Gasteiger partial charge is 0.306 e. The maximum atomic E-state index is 4.07. The van der Waals surface area contributed by atoms with E-state index in [1.165, 1.54) is 6.33 Å². The highest BCUT2D eigenvalue weighted by Crippen LogP contribution is 2.05. The van der Waals surface area contributed by atoms with Gasteiger partial charge in [0.25, 0.3) is 0 Å². The molecule has 0 aliphatic carbocycles. The van der Waals surface area contributed by atoms with E-state index in [0.29, 0.717) is 0 Å². The van der Waals surface area contributed by atoms with E-state index in [1.54, 1.807) is 6.20 Å². The van der Waals surface area contributed by atoms with Gasteiger partial charge in [-0.25, -0.2) is 15.0 Å². The summed E-state index contributed by atoms with van der Waals surface area (Å²) in [4.78, 5) is 11.9. The Balaban J connectivity index is 2.76. The topological polar surface area (TPSA) is 43.6 Å². The molecule has 0 saturated heterocycles. The van der Waals surface area contributed by atoms with Gasteiger partial charge in [0, 0.05) is 6.54 Å². The van der Waals surface area contributed by atoms with Crippen molar-refractivity contribution >= 4 is 11.2 Å². The Labute approximate surface area is 63.9 Å². The number of nitrogens with zero attached hydrogens (tertiary/aromatic N) is 4. The first-order valence-electron chi connectivity index (χ1n) is 3.45. The van der Waals surface area contributed by atoms with Gasteiger partial charge in [0.1, 0.15) is 11.8 Å². The van der Waals surface area contributed by atoms with Crippen LogP contribution >= 0.6 is 0 Å². The van der Waals surface area contributed by atoms with Crippen molar-refractivity contribution in [2.45, 2.75) is 13.5 Å². The van der Waals surface area contributed by atoms with Crippen LogP contribution in [0.1, 0.15) is 6.92 Å². The molecule has 0 amide bonds. The normalized spacial score (nSPS) is 10.6. The second-order valence-corrected chi connectivity index (χ2v) is 2.19. The number of imidazole rings is 1. The molecule has 0 aromatic carbocycles. The third-order valence-corrected chi connectivity index (χ3v) is 1.54. The van der Waals surface area contributed by atoms with Crippen molar-refractivity contribution in [2.75, 3.05) is 0 Å². The second-order valence-electron chi connectivity index (χ2n) is 2.19. The highest BCUT2D eigenvalue weighted by molar-refractivity contribution is 5.68. The molecular formula is C7H7N4. The third kappa shape index (κ3) is 0.869. The zero-order valence-corrected chi connectivity index (χ0v) is 6.15. The molecular weight excluding hydrogens is 140 g/mol. The van der Waals surface area contributed by atoms with E-state index in [0.717, 1.165) is 17.7 Å². The van der Waals surface area contributed by atoms with Crippen LogP contribution in [0.4, 0.5) is 0 Å². The standard InChI is InChI=1S/C7H7N4/c1-2-11-5-10-6-3-8-4-9-7(6)11/h3-4H,2H2,1H3. The van der Waals surface area contributed by atoms with Crippen LogP contribution in [0.15, 0.2) is 12.5 Å². The number of aryl methyl sites for hydroxylation is 1. The van der Waals surface area contributed by atoms with Gasteiger partial charge in [0.05, 0.1) is 6.20 Å². The summed E-state index contributed by atoms with van der Waals surface area (Å²) in [5.41, 5.74) is 1.65. The van der Waals surface area contributed by atoms with E-state index in [-0.39, 0.29) is 0 Å². The van der Waals surface area contributed by atoms with E-state index < -0.39 is 0 Å². The predicted molar refractivity (Wildman–Crippen MR) is 39.8 cm³/mol. The summed E-state index contributed by atoms with van der Waals surface area (Å²) in [6.45, 7) is 2.87. The molecule has 0 atom stereocenters. The fourth-order valence-corrected chi connectivity index (χ4v) is 0.985. The number of rotatable bonds is 1. The molecule has 2 heterocycles. The van der Waals surface area contributed by atoms with Gasteiger partial charge in [0.2, 0.25) is 0 Å². The minimum absolute atomic E-state index is 0.800. The Morgan fingerprint density at radius 3 is 3.36 bits per heavy atom. The predicted octanol–water partition coefficient (Wildman–Crippen LogP) is 0.646. The average molecular weight is 147 g/mol. The van der Waals surface area contributed by atoms with E-state index >= 15 is 0 Å². The van der Waals surface area contributed by atoms with Crippen molar-refractivity contribution in [3.63, 3.8) is 0 Å². The summed E-state index contributed by atoms with van der Waals surface area (Å²) >= 11 is 0. The Hall–Kier alpha value is -1.45. The third-order valence-electron chi connectivity index (χ3n) is 1.54. The first kappa shape index (κ1) is 6.27. The van der Waals surface area contributed by atoms with Crippen LogP contribution < -0.4 is 0 Å². The summed E-state index contributed by atoms with van der Waals surface area (Å²) in [6, 6.07) is 0. The van der Waals surface area contributed by atoms with E-state index in [4.69, 9.17) is 0 Å². The summed E-state index contributed by atoms with van der Waals surface area (Å²) in [5.74, 6) is 0. The molecule has 0 unspecified atom stereocenters. The van der Waals surface area contributed by atoms with Gasteiger partial charge in [0.15, 0.2) is 12.0 Å². The maximum absolute atomic E-state index is 4.07. The van der Waals surface area contributed by atoms with Crippen LogP contribution in [0.3, 0.4) is 0 Å². The molecule has 2 rings (SSSR count). The molecule has 0 aliphatic heterocycles. The quantitative estimate of drug-likeness (QED) is 0.594. The van der Waals surface area contributed by atoms with Gasteiger partial charge in [-0.1, -0.05) is 0 Å². The molecule has 0 aliphatic rings. The molecule has 0 N–H and O–H groups in total. The Morgan fingerprint density at radius 1 is 1.64 bits per heavy atom. The molecule has 11 heavy (non-hydrogen) atoms. The number of fused-ring (bicyclic) bond motifs is 1. The van der Waals surface area contributed by atoms with Crippen LogP contribution in [-0.2, 0) is 6.54 Å². The van der Waals surface area contributed by atoms with Crippen LogP contribution in [0, 0.1) is 6.33 Å². The lowest BCUT2D eigenvalue weighted by atomic mass is 10.5. The number of hydrogen-bond donors (Lipinski definition) is 0. The van der Waals surface area contributed by atoms with Crippen molar-refractivity contribution in [3.8, 4) is 0 Å². The molecule has 0 spiro atoms. The van der Waals surface area contributed by atoms with Crippen molar-refractivity contribution in [2.24, 2.45) is 0 Å². The molecule has 0 bridgehead atoms. The Kier molecular flexibility index (Phi) is 1.31. The van der Waals surface area contributed by atoms with E-state index in [2.05, 4.69) is 21.3 Å². The van der Waals surface area contributed by atoms with E-state index in [1.807, 2.05) is 11.5 Å². The van der Waals surface area contributed by atoms with Crippen LogP contribution in [0.5, 0.6) is 0 Å². The van der Waals surface area contributed by atoms with Gasteiger partial charge < -0.3 is 4.57 Å². The minimum Gasteiger partial charge on any atom is -0.306 e. The molecule has 2 aromatic rings. The molecule has 0 saturated carbocycles. The van der Waals surface area contributed by atoms with Gasteiger partial charge in [-0.3, -0.25) is 0 Å². The molecule has 1 radical (unpaired) electrons. The fraction of sp³-hybridized carbons (Fsp3) is 0.286. The second kappa shape index (κ2) is 2.30. The summed E-state index contributed by atoms with van der Waals surface area (Å²) in [7, 11) is 0. The van der Waals surface area contributed by atoms with Gasteiger partial charge in [-0.05, 0) is 6.92 Å². The van der Waals surface area contributed by atoms with Gasteiger partial charge in [-0.2, -0.15) is 0 Å². The molecule has 4 nitrogen and oxygen atoms in total. The zero-order valence-electron chi connectivity index (χ0n) is 6.15. The Bertz CT molecular complexity index is 365. The van der Waals surface area contributed by atoms with Crippen LogP contribution in [0.25, 0.3) is 11.2 Å². The summed E-state index contributed by atoms with van der Waals surface area (Å²) in [5, 5.41) is 0. The van der Waals surface area contributed by atoms with Crippen molar-refractivity contribution < 1.29 is 0 Å². The lowest BCUT2D eigenvalue weighted by Gasteiger charge is -1.93. The minimum atomic E-state index is 0.800. The Morgan fingerprint density at radius 2 is 2.55 bits per heavy atom. The van der Waals surface area contributed by atoms with Crippen molar-refractivity contribution in [3.05, 3.63) is 18.9 Å². The first-order chi connectivity index (χ1) is 5.42. The zero-order chi connectivity index (χ0) is 7.68. The highest BCUT2D eigenvalue weighted by atomic mass is 15.1.